The Morgan fingerprint density at radius 3 is 0.631 bits per heavy atom. The number of carbonyl (C=O) groups excluding carboxylic acids is 9. The fourth-order valence-electron chi connectivity index (χ4n) is 5.27. The molecule has 0 unspecified atom stereocenters. The van der Waals surface area contributed by atoms with Crippen molar-refractivity contribution in [1.82, 2.24) is 9.80 Å². The van der Waals surface area contributed by atoms with Crippen LogP contribution in [0.15, 0.2) is 0 Å². The van der Waals surface area contributed by atoms with Crippen molar-refractivity contribution in [2.45, 2.75) is 47.0 Å². The van der Waals surface area contributed by atoms with E-state index in [-0.39, 0.29) is 170 Å². The Morgan fingerprint density at radius 2 is 0.410 bits per heavy atom. The molecule has 0 bridgehead atoms. The van der Waals surface area contributed by atoms with E-state index < -0.39 is 154 Å². The molecule has 732 valence electrons. The van der Waals surface area contributed by atoms with E-state index in [1.807, 2.05) is 13.8 Å². The quantitative estimate of drug-likeness (QED) is 0.0451. The van der Waals surface area contributed by atoms with Crippen molar-refractivity contribution in [3.8, 4) is 0 Å². The van der Waals surface area contributed by atoms with Gasteiger partial charge in [-0.3, -0.25) is 0 Å². The van der Waals surface area contributed by atoms with Gasteiger partial charge in [0.25, 0.3) is 0 Å². The standard InChI is InChI=1S/C10H20O7S.C8H17NO4S.C7H14O7S2.C7H14O6S.C7H14O5S.C6H13NO4S.2C6H12O5S.C5H10O5S/c1-14-5-6-15-7-8-17-10(11)16-4-3-9-18(2,12)13;1-4-9(5-2)8(10)13-6-7-14(3,11)12;1-15(9,10)5-3-13-7(8)14-4-6-16(2,11)12;1-11-3-4-12-7(8)13-5-6-14(2,9)10;1-3-11-7(8)12-5-4-6-13(2,9)10;1-7(2)6(8)11-4-5-12(3,9)10;1-10-6(7)11-4-3-5-12(2,8)9;1-3-10-6(7)11-4-5-12(2,8)9;1-9-5(6)10-3-4-11(2,7)8/h3-9H2,1-2H3;4-7H2,1-3H3;3-6H2,1-2H3;3-6H2,1-2H3;3-6H2,1-2H3;4-5H2,1-3H3;2*3-5H2,1-2H3;3-4H2,1-2H3. The van der Waals surface area contributed by atoms with E-state index in [0.29, 0.717) is 39.1 Å². The number of ether oxygens (including phenoxy) is 19. The molecule has 0 saturated heterocycles. The topological polar surface area (TPSA) is 677 Å². The smallest absolute Gasteiger partial charge is 0.448 e. The van der Waals surface area contributed by atoms with Gasteiger partial charge in [-0.15, -0.1) is 0 Å². The number of nitrogens with zero attached hydrogens (tertiary/aromatic N) is 2. The first-order valence-electron chi connectivity index (χ1n) is 35.0. The zero-order chi connectivity index (χ0) is 97.1. The summed E-state index contributed by atoms with van der Waals surface area (Å²) in [5, 5.41) is 0. The lowest BCUT2D eigenvalue weighted by molar-refractivity contribution is 0.0156. The highest BCUT2D eigenvalue weighted by atomic mass is 32.2. The van der Waals surface area contributed by atoms with Crippen molar-refractivity contribution < 1.29 is 217 Å². The normalized spacial score (nSPS) is 11.1. The zero-order valence-corrected chi connectivity index (χ0v) is 80.6. The van der Waals surface area contributed by atoms with Gasteiger partial charge in [0.15, 0.2) is 68.9 Å². The van der Waals surface area contributed by atoms with E-state index in [9.17, 15) is 127 Å². The number of rotatable bonds is 46. The van der Waals surface area contributed by atoms with E-state index in [1.165, 1.54) is 38.1 Å². The predicted molar refractivity (Wildman–Crippen MR) is 439 cm³/mol. The first-order valence-corrected chi connectivity index (χ1v) is 55.6. The van der Waals surface area contributed by atoms with Gasteiger partial charge in [-0.1, -0.05) is 0 Å². The number of carbonyl (C=O) groups is 9. The summed E-state index contributed by atoms with van der Waals surface area (Å²) < 4.78 is 298. The third-order valence-electron chi connectivity index (χ3n) is 11.0. The summed E-state index contributed by atoms with van der Waals surface area (Å²) in [5.41, 5.74) is 0. The number of amides is 2. The maximum Gasteiger partial charge on any atom is 0.508 e. The van der Waals surface area contributed by atoms with E-state index >= 15 is 0 Å². The highest BCUT2D eigenvalue weighted by Gasteiger charge is 2.16. The maximum atomic E-state index is 11.2. The molecule has 0 heterocycles. The molecule has 0 fully saturated rings. The van der Waals surface area contributed by atoms with E-state index in [4.69, 9.17) is 14.2 Å². The average molecular weight is 1990 g/mol. The SMILES string of the molecule is CCN(CC)C(=O)OCCS(C)(=O)=O.CCOC(=O)OCCCS(C)(=O)=O.CCOC(=O)OCCS(C)(=O)=O.CN(C)C(=O)OCCS(C)(=O)=O.COC(=O)OCCCS(C)(=O)=O.COC(=O)OCCS(C)(=O)=O.COCCOC(=O)OCCS(C)(=O)=O.COCCOCCOC(=O)OCCCS(C)(=O)=O.CS(=O)(=O)CCOC(=O)OCCS(C)(=O)=O. The molecule has 0 aromatic carbocycles. The van der Waals surface area contributed by atoms with Crippen molar-refractivity contribution in [1.29, 1.82) is 0 Å². The highest BCUT2D eigenvalue weighted by molar-refractivity contribution is 7.92. The van der Waals surface area contributed by atoms with Gasteiger partial charge in [0, 0.05) is 104 Å². The van der Waals surface area contributed by atoms with Crippen LogP contribution in [-0.2, 0) is 188 Å². The molecule has 122 heavy (non-hydrogen) atoms. The van der Waals surface area contributed by atoms with Gasteiger partial charge in [-0.25, -0.2) is 127 Å². The minimum atomic E-state index is -3.19. The minimum absolute atomic E-state index is 0.0135. The first-order chi connectivity index (χ1) is 55.6. The van der Waals surface area contributed by atoms with Gasteiger partial charge < -0.3 is 99.8 Å². The summed E-state index contributed by atoms with van der Waals surface area (Å²) >= 11 is 0. The predicted octanol–water partition coefficient (Wildman–Crippen LogP) is 0.352. The molecule has 0 saturated carbocycles. The number of sulfone groups is 10. The van der Waals surface area contributed by atoms with Crippen LogP contribution in [0.1, 0.15) is 47.0 Å². The van der Waals surface area contributed by atoms with Crippen LogP contribution in [0.5, 0.6) is 0 Å². The summed E-state index contributed by atoms with van der Waals surface area (Å²) in [4.78, 5) is 98.8. The van der Waals surface area contributed by atoms with Crippen molar-refractivity contribution in [3.63, 3.8) is 0 Å². The zero-order valence-electron chi connectivity index (χ0n) is 72.4. The molecular formula is C62H126N2O48S10. The maximum absolute atomic E-state index is 11.2. The Bertz CT molecular complexity index is 4040. The van der Waals surface area contributed by atoms with Gasteiger partial charge in [0.2, 0.25) is 0 Å². The monoisotopic (exact) mass is 1990 g/mol. The van der Waals surface area contributed by atoms with Gasteiger partial charge in [-0.05, 0) is 47.0 Å². The Kier molecular flexibility index (Phi) is 83.0. The summed E-state index contributed by atoms with van der Waals surface area (Å²) in [6.07, 6.45) is 4.66. The molecule has 50 nitrogen and oxygen atoms in total. The molecule has 0 radical (unpaired) electrons. The average Bonchev–Trinajstić information content (AvgIpc) is 0.956. The third-order valence-corrected chi connectivity index (χ3v) is 20.4. The summed E-state index contributed by atoms with van der Waals surface area (Å²) in [7, 11) is -22.2. The lowest BCUT2D eigenvalue weighted by Crippen LogP contribution is -2.32. The molecule has 0 aromatic rings. The minimum Gasteiger partial charge on any atom is -0.448 e. The van der Waals surface area contributed by atoms with Crippen LogP contribution in [0.4, 0.5) is 43.2 Å². The van der Waals surface area contributed by atoms with Gasteiger partial charge in [0.05, 0.1) is 131 Å². The van der Waals surface area contributed by atoms with Crippen LogP contribution >= 0.6 is 0 Å². The van der Waals surface area contributed by atoms with Crippen molar-refractivity contribution in [2.24, 2.45) is 0 Å². The Hall–Kier alpha value is -7.19. The van der Waals surface area contributed by atoms with Crippen LogP contribution in [0.3, 0.4) is 0 Å². The van der Waals surface area contributed by atoms with Crippen molar-refractivity contribution in [2.75, 3.05) is 295 Å². The number of hydrogen-bond acceptors (Lipinski definition) is 48. The van der Waals surface area contributed by atoms with E-state index in [1.54, 1.807) is 21.0 Å². The van der Waals surface area contributed by atoms with Gasteiger partial charge in [-0.2, -0.15) is 0 Å². The van der Waals surface area contributed by atoms with Crippen LogP contribution in [0.25, 0.3) is 0 Å². The largest absolute Gasteiger partial charge is 0.508 e. The fraction of sp³-hybridized carbons (Fsp3) is 0.855. The van der Waals surface area contributed by atoms with Crippen molar-refractivity contribution in [3.05, 3.63) is 0 Å². The van der Waals surface area contributed by atoms with Gasteiger partial charge in [0.1, 0.15) is 89.0 Å². The molecule has 0 aliphatic carbocycles. The number of hydrogen-bond donors (Lipinski definition) is 0. The summed E-state index contributed by atoms with van der Waals surface area (Å²) in [6, 6.07) is 0. The van der Waals surface area contributed by atoms with E-state index in [0.717, 1.165) is 69.7 Å². The first kappa shape index (κ1) is 133. The number of methoxy groups -OCH3 is 4. The van der Waals surface area contributed by atoms with Gasteiger partial charge >= 0.3 is 55.3 Å². The molecular weight excluding hydrogens is 1860 g/mol. The molecule has 60 heteroatoms. The highest BCUT2D eigenvalue weighted by Crippen LogP contribution is 2.00. The molecule has 0 aliphatic rings. The van der Waals surface area contributed by atoms with Crippen LogP contribution in [-0.4, -0.2) is 444 Å². The Balaban J connectivity index is -0.000000169. The molecule has 0 atom stereocenters. The van der Waals surface area contributed by atoms with Crippen LogP contribution < -0.4 is 0 Å². The lowest BCUT2D eigenvalue weighted by Gasteiger charge is -2.17. The molecule has 0 N–H and O–H groups in total. The second kappa shape index (κ2) is 76.3. The molecule has 2 amide bonds. The second-order valence-electron chi connectivity index (χ2n) is 23.8. The van der Waals surface area contributed by atoms with Crippen molar-refractivity contribution >= 4 is 154 Å². The second-order valence-corrected chi connectivity index (χ2v) is 46.4. The third kappa shape index (κ3) is 139. The van der Waals surface area contributed by atoms with E-state index in [2.05, 4.69) is 75.8 Å². The summed E-state index contributed by atoms with van der Waals surface area (Å²) in [6.45, 7) is 9.10. The fourth-order valence-corrected chi connectivity index (χ4v) is 9.90. The summed E-state index contributed by atoms with van der Waals surface area (Å²) in [5.74, 6) is -1.38. The van der Waals surface area contributed by atoms with Crippen LogP contribution in [0.2, 0.25) is 0 Å². The lowest BCUT2D eigenvalue weighted by atomic mass is 10.5. The Morgan fingerprint density at radius 1 is 0.221 bits per heavy atom. The molecule has 0 aromatic heterocycles. The molecule has 0 rings (SSSR count). The molecule has 0 aliphatic heterocycles. The Labute approximate surface area is 717 Å². The van der Waals surface area contributed by atoms with Crippen LogP contribution in [0, 0.1) is 0 Å². The molecule has 0 spiro atoms.